The van der Waals surface area contributed by atoms with Crippen molar-refractivity contribution in [3.63, 3.8) is 0 Å². The molecule has 0 unspecified atom stereocenters. The van der Waals surface area contributed by atoms with E-state index in [4.69, 9.17) is 0 Å². The maximum Gasteiger partial charge on any atom is 0.0175 e. The lowest BCUT2D eigenvalue weighted by Gasteiger charge is -2.32. The molecule has 1 aromatic rings. The Morgan fingerprint density at radius 2 is 1.75 bits per heavy atom. The van der Waals surface area contributed by atoms with Crippen LogP contribution in [0.3, 0.4) is 0 Å². The molecule has 0 bridgehead atoms. The van der Waals surface area contributed by atoms with Gasteiger partial charge in [-0.15, -0.1) is 0 Å². The molecular weight excluding hydrogens is 232 g/mol. The molecule has 1 aliphatic rings. The summed E-state index contributed by atoms with van der Waals surface area (Å²) in [7, 11) is 0. The minimum atomic E-state index is 0.638. The van der Waals surface area contributed by atoms with Crippen LogP contribution in [0.2, 0.25) is 0 Å². The lowest BCUT2D eigenvalue weighted by molar-refractivity contribution is 0.437. The smallest absolute Gasteiger partial charge is 0.0175 e. The van der Waals surface area contributed by atoms with Crippen LogP contribution in [-0.4, -0.2) is 5.25 Å². The molecule has 0 aromatic heterocycles. The number of hydrogen-bond donors (Lipinski definition) is 1. The molecule has 0 heterocycles. The lowest BCUT2D eigenvalue weighted by Crippen LogP contribution is -2.21. The van der Waals surface area contributed by atoms with Gasteiger partial charge in [-0.25, -0.2) is 0 Å². The highest BCUT2D eigenvalue weighted by Crippen LogP contribution is 2.39. The summed E-state index contributed by atoms with van der Waals surface area (Å²) in [6.45, 7) is 0. The van der Waals surface area contributed by atoms with Gasteiger partial charge in [-0.3, -0.25) is 0 Å². The summed E-state index contributed by atoms with van der Waals surface area (Å²) in [5, 5.41) is 0.638. The molecule has 1 fully saturated rings. The van der Waals surface area contributed by atoms with Crippen LogP contribution >= 0.6 is 28.6 Å². The molecule has 0 nitrogen and oxygen atoms in total. The molecule has 0 saturated heterocycles. The van der Waals surface area contributed by atoms with E-state index in [0.717, 1.165) is 10.4 Å². The van der Waals surface area contributed by atoms with E-state index < -0.39 is 0 Å². The summed E-state index contributed by atoms with van der Waals surface area (Å²) in [6, 6.07) is 8.63. The van der Waals surface area contributed by atoms with E-state index >= 15 is 0 Å². The maximum absolute atomic E-state index is 4.41. The predicted octanol–water partition coefficient (Wildman–Crippen LogP) is 3.62. The Balaban J connectivity index is 2.09. The second-order valence-electron chi connectivity index (χ2n) is 3.37. The van der Waals surface area contributed by atoms with Crippen molar-refractivity contribution in [1.29, 1.82) is 0 Å². The first-order valence-electron chi connectivity index (χ1n) is 4.19. The summed E-state index contributed by atoms with van der Waals surface area (Å²) in [4.78, 5) is 0. The van der Waals surface area contributed by atoms with Gasteiger partial charge in [0.2, 0.25) is 0 Å². The molecular formula is C10H11BrS. The van der Waals surface area contributed by atoms with Gasteiger partial charge in [0, 0.05) is 9.72 Å². The van der Waals surface area contributed by atoms with Crippen molar-refractivity contribution in [3.8, 4) is 0 Å². The highest BCUT2D eigenvalue weighted by molar-refractivity contribution is 9.10. The van der Waals surface area contributed by atoms with Gasteiger partial charge in [0.25, 0.3) is 0 Å². The van der Waals surface area contributed by atoms with E-state index in [-0.39, 0.29) is 0 Å². The molecule has 64 valence electrons. The molecule has 0 atom stereocenters. The monoisotopic (exact) mass is 242 g/mol. The highest BCUT2D eigenvalue weighted by Gasteiger charge is 2.26. The zero-order valence-electron chi connectivity index (χ0n) is 6.70. The Kier molecular flexibility index (Phi) is 2.47. The van der Waals surface area contributed by atoms with E-state index in [9.17, 15) is 0 Å². The molecule has 0 amide bonds. The summed E-state index contributed by atoms with van der Waals surface area (Å²) < 4.78 is 1.16. The summed E-state index contributed by atoms with van der Waals surface area (Å²) in [6.07, 6.45) is 2.48. The minimum absolute atomic E-state index is 0.638. The van der Waals surface area contributed by atoms with Gasteiger partial charge < -0.3 is 0 Å². The topological polar surface area (TPSA) is 0 Å². The Bertz CT molecular complexity index is 262. The standard InChI is InChI=1S/C10H11BrS/c11-9-3-1-7(2-4-9)8-5-10(12)6-8/h1-4,8,10,12H,5-6H2. The lowest BCUT2D eigenvalue weighted by atomic mass is 9.79. The molecule has 1 aromatic carbocycles. The number of rotatable bonds is 1. The van der Waals surface area contributed by atoms with E-state index in [1.165, 1.54) is 18.4 Å². The van der Waals surface area contributed by atoms with Crippen LogP contribution in [0.1, 0.15) is 24.3 Å². The van der Waals surface area contributed by atoms with E-state index in [1.54, 1.807) is 0 Å². The summed E-state index contributed by atoms with van der Waals surface area (Å²) >= 11 is 7.84. The van der Waals surface area contributed by atoms with E-state index in [0.29, 0.717) is 5.25 Å². The third-order valence-electron chi connectivity index (χ3n) is 2.45. The van der Waals surface area contributed by atoms with Crippen LogP contribution < -0.4 is 0 Å². The van der Waals surface area contributed by atoms with Gasteiger partial charge in [0.05, 0.1) is 0 Å². The third kappa shape index (κ3) is 1.69. The zero-order valence-corrected chi connectivity index (χ0v) is 9.18. The number of halogens is 1. The Labute approximate surface area is 86.9 Å². The molecule has 0 radical (unpaired) electrons. The average molecular weight is 243 g/mol. The second kappa shape index (κ2) is 3.43. The van der Waals surface area contributed by atoms with Gasteiger partial charge in [-0.05, 0) is 36.5 Å². The Morgan fingerprint density at radius 3 is 2.25 bits per heavy atom. The van der Waals surface area contributed by atoms with Crippen molar-refractivity contribution >= 4 is 28.6 Å². The minimum Gasteiger partial charge on any atom is -0.176 e. The number of hydrogen-bond acceptors (Lipinski definition) is 1. The largest absolute Gasteiger partial charge is 0.176 e. The van der Waals surface area contributed by atoms with Gasteiger partial charge >= 0.3 is 0 Å². The van der Waals surface area contributed by atoms with Crippen LogP contribution in [0.15, 0.2) is 28.7 Å². The van der Waals surface area contributed by atoms with Crippen LogP contribution in [-0.2, 0) is 0 Å². The van der Waals surface area contributed by atoms with Crippen LogP contribution in [0, 0.1) is 0 Å². The highest BCUT2D eigenvalue weighted by atomic mass is 79.9. The predicted molar refractivity (Wildman–Crippen MR) is 58.9 cm³/mol. The molecule has 0 spiro atoms. The SMILES string of the molecule is SC1CC(c2ccc(Br)cc2)C1. The van der Waals surface area contributed by atoms with Gasteiger partial charge in [-0.1, -0.05) is 28.1 Å². The van der Waals surface area contributed by atoms with Crippen molar-refractivity contribution in [2.45, 2.75) is 24.0 Å². The molecule has 0 aliphatic heterocycles. The molecule has 12 heavy (non-hydrogen) atoms. The second-order valence-corrected chi connectivity index (χ2v) is 5.02. The molecule has 1 aliphatic carbocycles. The first-order chi connectivity index (χ1) is 5.75. The van der Waals surface area contributed by atoms with Crippen molar-refractivity contribution in [2.75, 3.05) is 0 Å². The fraction of sp³-hybridized carbons (Fsp3) is 0.400. The van der Waals surface area contributed by atoms with Crippen molar-refractivity contribution < 1.29 is 0 Å². The number of thiol groups is 1. The summed E-state index contributed by atoms with van der Waals surface area (Å²) in [5.41, 5.74) is 1.46. The van der Waals surface area contributed by atoms with Crippen LogP contribution in [0.4, 0.5) is 0 Å². The van der Waals surface area contributed by atoms with Crippen molar-refractivity contribution in [3.05, 3.63) is 34.3 Å². The summed E-state index contributed by atoms with van der Waals surface area (Å²) in [5.74, 6) is 0.764. The normalized spacial score (nSPS) is 28.2. The van der Waals surface area contributed by atoms with E-state index in [2.05, 4.69) is 52.8 Å². The zero-order chi connectivity index (χ0) is 8.55. The fourth-order valence-electron chi connectivity index (χ4n) is 1.59. The molecule has 1 saturated carbocycles. The van der Waals surface area contributed by atoms with E-state index in [1.807, 2.05) is 0 Å². The molecule has 2 rings (SSSR count). The van der Waals surface area contributed by atoms with Gasteiger partial charge in [0.15, 0.2) is 0 Å². The third-order valence-corrected chi connectivity index (χ3v) is 3.40. The van der Waals surface area contributed by atoms with Gasteiger partial charge in [-0.2, -0.15) is 12.6 Å². The fourth-order valence-corrected chi connectivity index (χ4v) is 2.37. The quantitative estimate of drug-likeness (QED) is 0.715. The first kappa shape index (κ1) is 8.64. The van der Waals surface area contributed by atoms with Crippen molar-refractivity contribution in [1.82, 2.24) is 0 Å². The average Bonchev–Trinajstić information content (AvgIpc) is 2.01. The number of benzene rings is 1. The van der Waals surface area contributed by atoms with Crippen LogP contribution in [0.5, 0.6) is 0 Å². The molecule has 2 heteroatoms. The van der Waals surface area contributed by atoms with Crippen LogP contribution in [0.25, 0.3) is 0 Å². The first-order valence-corrected chi connectivity index (χ1v) is 5.50. The van der Waals surface area contributed by atoms with Gasteiger partial charge in [0.1, 0.15) is 0 Å². The van der Waals surface area contributed by atoms with Crippen molar-refractivity contribution in [2.24, 2.45) is 0 Å². The molecule has 0 N–H and O–H groups in total. The maximum atomic E-state index is 4.41. The Hall–Kier alpha value is 0.0500. The Morgan fingerprint density at radius 1 is 1.17 bits per heavy atom.